The van der Waals surface area contributed by atoms with Gasteiger partial charge in [-0.1, -0.05) is 25.1 Å². The molecule has 0 atom stereocenters. The van der Waals surface area contributed by atoms with Gasteiger partial charge in [-0.2, -0.15) is 0 Å². The Morgan fingerprint density at radius 2 is 1.61 bits per heavy atom. The number of hydrogen-bond acceptors (Lipinski definition) is 6. The maximum Gasteiger partial charge on any atom is 0.335 e. The zero-order chi connectivity index (χ0) is 17.2. The number of aryl methyl sites for hydroxylation is 1. The molecule has 0 heterocycles. The number of benzene rings is 1. The van der Waals surface area contributed by atoms with E-state index in [1.807, 2.05) is 0 Å². The van der Waals surface area contributed by atoms with E-state index in [-0.39, 0.29) is 23.8 Å². The molecule has 0 aliphatic heterocycles. The van der Waals surface area contributed by atoms with E-state index in [9.17, 15) is 14.4 Å². The van der Waals surface area contributed by atoms with Crippen LogP contribution in [0.5, 0.6) is 11.5 Å². The van der Waals surface area contributed by atoms with Crippen molar-refractivity contribution in [1.29, 1.82) is 0 Å². The van der Waals surface area contributed by atoms with Gasteiger partial charge in [-0.25, -0.2) is 9.59 Å². The summed E-state index contributed by atoms with van der Waals surface area (Å²) in [7, 11) is 0. The van der Waals surface area contributed by atoms with Gasteiger partial charge in [0.25, 0.3) is 0 Å². The molecule has 0 fully saturated rings. The van der Waals surface area contributed by atoms with Crippen LogP contribution in [-0.4, -0.2) is 24.1 Å². The lowest BCUT2D eigenvalue weighted by atomic mass is 10.1. The van der Waals surface area contributed by atoms with E-state index in [2.05, 4.69) is 17.9 Å². The maximum atomic E-state index is 11.5. The fraction of sp³-hybridized carbons (Fsp3) is 0.188. The Labute approximate surface area is 138 Å². The fourth-order valence-corrected chi connectivity index (χ4v) is 1.96. The first-order valence-corrected chi connectivity index (χ1v) is 7.85. The van der Waals surface area contributed by atoms with Crippen LogP contribution in [0.2, 0.25) is 0 Å². The van der Waals surface area contributed by atoms with Crippen LogP contribution in [0.25, 0.3) is 0 Å². The van der Waals surface area contributed by atoms with Crippen molar-refractivity contribution in [2.24, 2.45) is 0 Å². The SMILES string of the molecule is C=CC(=O)Oc1cc(CCC(=O)NSC)cc(OC(=O)C=C)c1. The molecular weight excluding hydrogens is 318 g/mol. The van der Waals surface area contributed by atoms with E-state index >= 15 is 0 Å². The molecule has 0 radical (unpaired) electrons. The van der Waals surface area contributed by atoms with E-state index in [1.54, 1.807) is 18.4 Å². The molecule has 0 unspecified atom stereocenters. The molecule has 0 saturated heterocycles. The highest BCUT2D eigenvalue weighted by atomic mass is 32.2. The second-order valence-corrected chi connectivity index (χ2v) is 4.90. The number of hydrogen-bond donors (Lipinski definition) is 1. The number of nitrogens with one attached hydrogen (secondary N) is 1. The van der Waals surface area contributed by atoms with E-state index in [1.165, 1.54) is 18.0 Å². The van der Waals surface area contributed by atoms with Crippen molar-refractivity contribution in [1.82, 2.24) is 4.72 Å². The number of carbonyl (C=O) groups excluding carboxylic acids is 3. The summed E-state index contributed by atoms with van der Waals surface area (Å²) in [6, 6.07) is 4.59. The van der Waals surface area contributed by atoms with Crippen LogP contribution in [-0.2, 0) is 20.8 Å². The smallest absolute Gasteiger partial charge is 0.335 e. The van der Waals surface area contributed by atoms with Gasteiger partial charge in [-0.3, -0.25) is 4.79 Å². The summed E-state index contributed by atoms with van der Waals surface area (Å²) in [6.07, 6.45) is 4.43. The third kappa shape index (κ3) is 6.84. The lowest BCUT2D eigenvalue weighted by Crippen LogP contribution is -2.15. The molecule has 1 N–H and O–H groups in total. The van der Waals surface area contributed by atoms with Gasteiger partial charge in [0.05, 0.1) is 0 Å². The van der Waals surface area contributed by atoms with Crippen molar-refractivity contribution in [3.63, 3.8) is 0 Å². The van der Waals surface area contributed by atoms with Crippen molar-refractivity contribution in [2.45, 2.75) is 12.8 Å². The van der Waals surface area contributed by atoms with E-state index in [0.717, 1.165) is 12.2 Å². The number of carbonyl (C=O) groups is 3. The molecule has 1 rings (SSSR count). The predicted molar refractivity (Wildman–Crippen MR) is 88.1 cm³/mol. The van der Waals surface area contributed by atoms with Gasteiger partial charge in [0.1, 0.15) is 11.5 Å². The molecule has 1 amide bonds. The number of amides is 1. The summed E-state index contributed by atoms with van der Waals surface area (Å²) in [5.41, 5.74) is 0.683. The average molecular weight is 335 g/mol. The standard InChI is InChI=1S/C16H17NO5S/c1-4-15(19)21-12-8-11(6-7-14(18)17-23-3)9-13(10-12)22-16(20)5-2/h4-5,8-10H,1-2,6-7H2,3H3,(H,17,18). The normalized spacial score (nSPS) is 9.61. The van der Waals surface area contributed by atoms with Crippen LogP contribution >= 0.6 is 11.9 Å². The molecule has 0 aliphatic rings. The predicted octanol–water partition coefficient (Wildman–Crippen LogP) is 2.20. The first-order chi connectivity index (χ1) is 11.0. The second-order valence-electron chi connectivity index (χ2n) is 4.29. The molecule has 7 heteroatoms. The summed E-state index contributed by atoms with van der Waals surface area (Å²) in [5.74, 6) is -1.00. The van der Waals surface area contributed by atoms with Crippen molar-refractivity contribution in [3.05, 3.63) is 49.1 Å². The Morgan fingerprint density at radius 3 is 2.04 bits per heavy atom. The van der Waals surface area contributed by atoms with Gasteiger partial charge in [-0.05, 0) is 24.1 Å². The van der Waals surface area contributed by atoms with Crippen molar-refractivity contribution >= 4 is 29.8 Å². The zero-order valence-electron chi connectivity index (χ0n) is 12.7. The third-order valence-electron chi connectivity index (χ3n) is 2.57. The molecule has 1 aromatic rings. The highest BCUT2D eigenvalue weighted by molar-refractivity contribution is 7.97. The van der Waals surface area contributed by atoms with Gasteiger partial charge in [0.15, 0.2) is 0 Å². The van der Waals surface area contributed by atoms with Crippen LogP contribution in [0.1, 0.15) is 12.0 Å². The summed E-state index contributed by atoms with van der Waals surface area (Å²) >= 11 is 1.21. The molecule has 0 aromatic heterocycles. The molecule has 6 nitrogen and oxygen atoms in total. The van der Waals surface area contributed by atoms with E-state index < -0.39 is 11.9 Å². The third-order valence-corrected chi connectivity index (χ3v) is 3.00. The Morgan fingerprint density at radius 1 is 1.09 bits per heavy atom. The van der Waals surface area contributed by atoms with Crippen LogP contribution in [0, 0.1) is 0 Å². The fourth-order valence-electron chi connectivity index (χ4n) is 1.63. The first-order valence-electron chi connectivity index (χ1n) is 6.62. The summed E-state index contributed by atoms with van der Waals surface area (Å²) in [5, 5.41) is 0. The first kappa shape index (κ1) is 18.5. The van der Waals surface area contributed by atoms with Crippen LogP contribution in [0.15, 0.2) is 43.5 Å². The van der Waals surface area contributed by atoms with Crippen LogP contribution in [0.4, 0.5) is 0 Å². The van der Waals surface area contributed by atoms with Crippen molar-refractivity contribution in [2.75, 3.05) is 6.26 Å². The Kier molecular flexibility index (Phi) is 7.62. The summed E-state index contributed by atoms with van der Waals surface area (Å²) in [6.45, 7) is 6.63. The Balaban J connectivity index is 2.95. The lowest BCUT2D eigenvalue weighted by Gasteiger charge is -2.09. The van der Waals surface area contributed by atoms with Gasteiger partial charge in [0, 0.05) is 30.9 Å². The van der Waals surface area contributed by atoms with Crippen molar-refractivity contribution < 1.29 is 23.9 Å². The average Bonchev–Trinajstić information content (AvgIpc) is 2.52. The molecule has 0 bridgehead atoms. The minimum atomic E-state index is -0.636. The molecule has 122 valence electrons. The number of esters is 2. The molecular formula is C16H17NO5S. The van der Waals surface area contributed by atoms with E-state index in [4.69, 9.17) is 9.47 Å². The molecule has 0 spiro atoms. The molecule has 0 aliphatic carbocycles. The molecule has 23 heavy (non-hydrogen) atoms. The second kappa shape index (κ2) is 9.47. The van der Waals surface area contributed by atoms with Gasteiger partial charge in [0.2, 0.25) is 5.91 Å². The largest absolute Gasteiger partial charge is 0.423 e. The van der Waals surface area contributed by atoms with Gasteiger partial charge in [-0.15, -0.1) is 0 Å². The van der Waals surface area contributed by atoms with Crippen molar-refractivity contribution in [3.8, 4) is 11.5 Å². The monoisotopic (exact) mass is 335 g/mol. The molecule has 0 saturated carbocycles. The van der Waals surface area contributed by atoms with Crippen LogP contribution < -0.4 is 14.2 Å². The minimum Gasteiger partial charge on any atom is -0.423 e. The maximum absolute atomic E-state index is 11.5. The number of ether oxygens (including phenoxy) is 2. The Hall–Kier alpha value is -2.54. The lowest BCUT2D eigenvalue weighted by molar-refractivity contribution is -0.129. The Bertz CT molecular complexity index is 587. The quantitative estimate of drug-likeness (QED) is 0.339. The number of rotatable bonds is 8. The van der Waals surface area contributed by atoms with Gasteiger partial charge < -0.3 is 14.2 Å². The van der Waals surface area contributed by atoms with E-state index in [0.29, 0.717) is 12.0 Å². The highest BCUT2D eigenvalue weighted by Gasteiger charge is 2.10. The minimum absolute atomic E-state index is 0.129. The van der Waals surface area contributed by atoms with Gasteiger partial charge >= 0.3 is 11.9 Å². The summed E-state index contributed by atoms with van der Waals surface area (Å²) < 4.78 is 12.7. The highest BCUT2D eigenvalue weighted by Crippen LogP contribution is 2.24. The van der Waals surface area contributed by atoms with Crippen LogP contribution in [0.3, 0.4) is 0 Å². The zero-order valence-corrected chi connectivity index (χ0v) is 13.5. The molecule has 1 aromatic carbocycles. The summed E-state index contributed by atoms with van der Waals surface area (Å²) in [4.78, 5) is 34.1. The topological polar surface area (TPSA) is 81.7 Å².